The second-order valence-electron chi connectivity index (χ2n) is 6.68. The maximum Gasteiger partial charge on any atom is 0.244 e. The fraction of sp³-hybridized carbons (Fsp3) is 0.400. The van der Waals surface area contributed by atoms with Crippen molar-refractivity contribution in [3.63, 3.8) is 0 Å². The lowest BCUT2D eigenvalue weighted by molar-refractivity contribution is 0.246. The smallest absolute Gasteiger partial charge is 0.244 e. The number of ether oxygens (including phenoxy) is 1. The Kier molecular flexibility index (Phi) is 5.96. The van der Waals surface area contributed by atoms with Gasteiger partial charge in [0, 0.05) is 12.6 Å². The summed E-state index contributed by atoms with van der Waals surface area (Å²) in [5.74, 6) is 0.362. The van der Waals surface area contributed by atoms with E-state index in [0.29, 0.717) is 12.3 Å². The third-order valence-electron chi connectivity index (χ3n) is 4.84. The summed E-state index contributed by atoms with van der Waals surface area (Å²) in [6, 6.07) is 15.3. The predicted octanol–water partition coefficient (Wildman–Crippen LogP) is 3.12. The molecule has 1 aliphatic rings. The average Bonchev–Trinajstić information content (AvgIpc) is 3.17. The van der Waals surface area contributed by atoms with Gasteiger partial charge in [0.05, 0.1) is 7.11 Å². The van der Waals surface area contributed by atoms with Crippen LogP contribution in [0.3, 0.4) is 0 Å². The fourth-order valence-corrected chi connectivity index (χ4v) is 4.74. The first kappa shape index (κ1) is 18.9. The molecule has 0 radical (unpaired) electrons. The van der Waals surface area contributed by atoms with Crippen LogP contribution in [0, 0.1) is 6.92 Å². The van der Waals surface area contributed by atoms with Gasteiger partial charge in [0.2, 0.25) is 10.0 Å². The molecule has 0 amide bonds. The van der Waals surface area contributed by atoms with Crippen molar-refractivity contribution < 1.29 is 13.2 Å². The van der Waals surface area contributed by atoms with Crippen molar-refractivity contribution in [3.05, 3.63) is 59.7 Å². The fourth-order valence-electron chi connectivity index (χ4n) is 3.45. The zero-order valence-corrected chi connectivity index (χ0v) is 16.1. The molecule has 1 fully saturated rings. The number of hydrogen-bond acceptors (Lipinski definition) is 4. The van der Waals surface area contributed by atoms with Gasteiger partial charge in [-0.2, -0.15) is 0 Å². The number of rotatable bonds is 7. The highest BCUT2D eigenvalue weighted by atomic mass is 32.2. The van der Waals surface area contributed by atoms with E-state index in [1.807, 2.05) is 31.2 Å². The SMILES string of the molecule is COc1ccc(C)cc1S(=O)(=O)NCC(c1ccccc1)N1CCCC1. The normalized spacial score (nSPS) is 16.5. The highest BCUT2D eigenvalue weighted by molar-refractivity contribution is 7.89. The molecule has 2 aromatic rings. The molecule has 26 heavy (non-hydrogen) atoms. The van der Waals surface area contributed by atoms with Crippen molar-refractivity contribution in [1.29, 1.82) is 0 Å². The summed E-state index contributed by atoms with van der Waals surface area (Å²) in [5, 5.41) is 0. The minimum Gasteiger partial charge on any atom is -0.495 e. The Morgan fingerprint density at radius 2 is 1.81 bits per heavy atom. The molecule has 0 saturated carbocycles. The lowest BCUT2D eigenvalue weighted by atomic mass is 10.1. The molecule has 1 atom stereocenters. The molecule has 5 nitrogen and oxygen atoms in total. The Labute approximate surface area is 156 Å². The highest BCUT2D eigenvalue weighted by Gasteiger charge is 2.26. The molecule has 0 bridgehead atoms. The number of benzene rings is 2. The number of likely N-dealkylation sites (tertiary alicyclic amines) is 1. The van der Waals surface area contributed by atoms with E-state index in [2.05, 4.69) is 21.8 Å². The van der Waals surface area contributed by atoms with Gasteiger partial charge in [-0.25, -0.2) is 13.1 Å². The predicted molar refractivity (Wildman–Crippen MR) is 103 cm³/mol. The zero-order valence-electron chi connectivity index (χ0n) is 15.3. The number of nitrogens with one attached hydrogen (secondary N) is 1. The molecule has 2 aromatic carbocycles. The molecule has 6 heteroatoms. The number of hydrogen-bond donors (Lipinski definition) is 1. The van der Waals surface area contributed by atoms with Gasteiger partial charge in [-0.05, 0) is 56.1 Å². The van der Waals surface area contributed by atoms with E-state index < -0.39 is 10.0 Å². The summed E-state index contributed by atoms with van der Waals surface area (Å²) in [6.45, 7) is 4.20. The Hall–Kier alpha value is -1.89. The lowest BCUT2D eigenvalue weighted by Gasteiger charge is -2.28. The van der Waals surface area contributed by atoms with E-state index in [1.165, 1.54) is 7.11 Å². The molecule has 3 rings (SSSR count). The standard InChI is InChI=1S/C20H26N2O3S/c1-16-10-11-19(25-2)20(14-16)26(23,24)21-15-18(22-12-6-7-13-22)17-8-4-3-5-9-17/h3-5,8-11,14,18,21H,6-7,12-13,15H2,1-2H3. The summed E-state index contributed by atoms with van der Waals surface area (Å²) in [5.41, 5.74) is 2.01. The summed E-state index contributed by atoms with van der Waals surface area (Å²) in [4.78, 5) is 2.54. The van der Waals surface area contributed by atoms with Crippen LogP contribution in [0.4, 0.5) is 0 Å². The van der Waals surface area contributed by atoms with Crippen LogP contribution in [0.15, 0.2) is 53.4 Å². The van der Waals surface area contributed by atoms with Crippen molar-refractivity contribution in [2.75, 3.05) is 26.7 Å². The molecule has 1 unspecified atom stereocenters. The quantitative estimate of drug-likeness (QED) is 0.809. The van der Waals surface area contributed by atoms with Crippen LogP contribution < -0.4 is 9.46 Å². The zero-order chi connectivity index (χ0) is 18.6. The summed E-state index contributed by atoms with van der Waals surface area (Å²) < 4.78 is 33.9. The van der Waals surface area contributed by atoms with Crippen LogP contribution in [0.25, 0.3) is 0 Å². The van der Waals surface area contributed by atoms with Crippen LogP contribution in [0.1, 0.15) is 30.0 Å². The molecule has 1 heterocycles. The van der Waals surface area contributed by atoms with Crippen LogP contribution in [-0.2, 0) is 10.0 Å². The van der Waals surface area contributed by atoms with Gasteiger partial charge in [0.1, 0.15) is 10.6 Å². The summed E-state index contributed by atoms with van der Waals surface area (Å²) in [7, 11) is -2.17. The number of nitrogens with zero attached hydrogens (tertiary/aromatic N) is 1. The Morgan fingerprint density at radius 3 is 2.46 bits per heavy atom. The molecular formula is C20H26N2O3S. The van der Waals surface area contributed by atoms with Gasteiger partial charge in [-0.15, -0.1) is 0 Å². The molecule has 1 N–H and O–H groups in total. The van der Waals surface area contributed by atoms with E-state index >= 15 is 0 Å². The molecule has 0 spiro atoms. The van der Waals surface area contributed by atoms with Crippen LogP contribution >= 0.6 is 0 Å². The van der Waals surface area contributed by atoms with Crippen molar-refractivity contribution in [3.8, 4) is 5.75 Å². The number of aryl methyl sites for hydroxylation is 1. The first-order valence-corrected chi connectivity index (χ1v) is 10.4. The first-order valence-electron chi connectivity index (χ1n) is 8.94. The monoisotopic (exact) mass is 374 g/mol. The summed E-state index contributed by atoms with van der Waals surface area (Å²) >= 11 is 0. The second kappa shape index (κ2) is 8.20. The van der Waals surface area contributed by atoms with E-state index in [1.54, 1.807) is 12.1 Å². The summed E-state index contributed by atoms with van der Waals surface area (Å²) in [6.07, 6.45) is 2.31. The number of methoxy groups -OCH3 is 1. The Bertz CT molecular complexity index is 831. The first-order chi connectivity index (χ1) is 12.5. The third-order valence-corrected chi connectivity index (χ3v) is 6.29. The average molecular weight is 375 g/mol. The van der Waals surface area contributed by atoms with Crippen LogP contribution in [-0.4, -0.2) is 40.1 Å². The van der Waals surface area contributed by atoms with Gasteiger partial charge in [-0.3, -0.25) is 4.90 Å². The van der Waals surface area contributed by atoms with Gasteiger partial charge in [0.25, 0.3) is 0 Å². The third kappa shape index (κ3) is 4.26. The second-order valence-corrected chi connectivity index (χ2v) is 8.41. The molecule has 140 valence electrons. The largest absolute Gasteiger partial charge is 0.495 e. The van der Waals surface area contributed by atoms with Gasteiger partial charge in [-0.1, -0.05) is 36.4 Å². The Balaban J connectivity index is 1.83. The topological polar surface area (TPSA) is 58.6 Å². The van der Waals surface area contributed by atoms with Crippen LogP contribution in [0.2, 0.25) is 0 Å². The lowest BCUT2D eigenvalue weighted by Crippen LogP contribution is -2.36. The highest BCUT2D eigenvalue weighted by Crippen LogP contribution is 2.27. The van der Waals surface area contributed by atoms with E-state index in [9.17, 15) is 8.42 Å². The maximum atomic E-state index is 12.9. The molecular weight excluding hydrogens is 348 g/mol. The molecule has 1 aliphatic heterocycles. The minimum atomic E-state index is -3.66. The minimum absolute atomic E-state index is 0.0317. The maximum absolute atomic E-state index is 12.9. The van der Waals surface area contributed by atoms with E-state index in [0.717, 1.165) is 37.1 Å². The molecule has 0 aliphatic carbocycles. The van der Waals surface area contributed by atoms with Gasteiger partial charge < -0.3 is 4.74 Å². The van der Waals surface area contributed by atoms with Crippen molar-refractivity contribution in [2.45, 2.75) is 30.7 Å². The Morgan fingerprint density at radius 1 is 1.12 bits per heavy atom. The van der Waals surface area contributed by atoms with E-state index in [-0.39, 0.29) is 10.9 Å². The van der Waals surface area contributed by atoms with Crippen molar-refractivity contribution >= 4 is 10.0 Å². The van der Waals surface area contributed by atoms with E-state index in [4.69, 9.17) is 4.74 Å². The van der Waals surface area contributed by atoms with Gasteiger partial charge in [0.15, 0.2) is 0 Å². The molecule has 1 saturated heterocycles. The van der Waals surface area contributed by atoms with Crippen molar-refractivity contribution in [2.24, 2.45) is 0 Å². The number of sulfonamides is 1. The van der Waals surface area contributed by atoms with Crippen LogP contribution in [0.5, 0.6) is 5.75 Å². The molecule has 0 aromatic heterocycles. The van der Waals surface area contributed by atoms with Crippen molar-refractivity contribution in [1.82, 2.24) is 9.62 Å². The van der Waals surface area contributed by atoms with Gasteiger partial charge >= 0.3 is 0 Å².